The highest BCUT2D eigenvalue weighted by atomic mass is 16.5. The van der Waals surface area contributed by atoms with Gasteiger partial charge in [0.05, 0.1) is 6.61 Å². The molecule has 0 saturated carbocycles. The first kappa shape index (κ1) is 8.44. The Hall–Kier alpha value is -0.160. The number of hydrogen-bond acceptors (Lipinski definition) is 4. The summed E-state index contributed by atoms with van der Waals surface area (Å²) < 4.78 is 5.54. The van der Waals surface area contributed by atoms with Gasteiger partial charge in [0.25, 0.3) is 0 Å². The van der Waals surface area contributed by atoms with Crippen molar-refractivity contribution in [2.24, 2.45) is 0 Å². The predicted octanol–water partition coefficient (Wildman–Crippen LogP) is -0.815. The molecule has 4 heteroatoms. The lowest BCUT2D eigenvalue weighted by atomic mass is 10.4. The second-order valence-electron chi connectivity index (χ2n) is 3.32. The van der Waals surface area contributed by atoms with Crippen LogP contribution in [0.25, 0.3) is 0 Å². The molecule has 1 atom stereocenters. The first-order chi connectivity index (χ1) is 5.97. The van der Waals surface area contributed by atoms with Crippen LogP contribution in [-0.4, -0.2) is 50.6 Å². The van der Waals surface area contributed by atoms with E-state index in [1.165, 1.54) is 6.42 Å². The molecule has 0 aromatic carbocycles. The summed E-state index contributed by atoms with van der Waals surface area (Å²) in [6.07, 6.45) is 1.41. The fourth-order valence-electron chi connectivity index (χ4n) is 1.75. The maximum atomic E-state index is 5.54. The van der Waals surface area contributed by atoms with Crippen molar-refractivity contribution >= 4 is 0 Å². The summed E-state index contributed by atoms with van der Waals surface area (Å²) >= 11 is 0. The third-order valence-corrected chi connectivity index (χ3v) is 2.40. The second kappa shape index (κ2) is 4.18. The van der Waals surface area contributed by atoms with E-state index in [2.05, 4.69) is 15.5 Å². The Morgan fingerprint density at radius 3 is 3.00 bits per heavy atom. The molecule has 0 radical (unpaired) electrons. The summed E-state index contributed by atoms with van der Waals surface area (Å²) in [5.41, 5.74) is 0. The van der Waals surface area contributed by atoms with Crippen molar-refractivity contribution in [1.82, 2.24) is 15.5 Å². The molecule has 2 N–H and O–H groups in total. The maximum absolute atomic E-state index is 5.54. The van der Waals surface area contributed by atoms with E-state index in [-0.39, 0.29) is 6.35 Å². The van der Waals surface area contributed by atoms with Crippen LogP contribution in [0, 0.1) is 0 Å². The molecule has 0 aromatic heterocycles. The molecular weight excluding hydrogens is 154 g/mol. The number of hydrogen-bond donors (Lipinski definition) is 2. The molecule has 12 heavy (non-hydrogen) atoms. The highest BCUT2D eigenvalue weighted by molar-refractivity contribution is 4.70. The first-order valence-electron chi connectivity index (χ1n) is 4.76. The van der Waals surface area contributed by atoms with Gasteiger partial charge in [-0.25, -0.2) is 0 Å². The lowest BCUT2D eigenvalue weighted by molar-refractivity contribution is -0.0280. The Labute approximate surface area is 73.3 Å². The molecule has 4 nitrogen and oxygen atoms in total. The minimum Gasteiger partial charge on any atom is -0.348 e. The summed E-state index contributed by atoms with van der Waals surface area (Å²) in [5, 5.41) is 6.71. The third kappa shape index (κ3) is 1.95. The predicted molar refractivity (Wildman–Crippen MR) is 46.8 cm³/mol. The molecule has 0 amide bonds. The van der Waals surface area contributed by atoms with E-state index in [0.29, 0.717) is 0 Å². The molecule has 2 rings (SSSR count). The van der Waals surface area contributed by atoms with Crippen LogP contribution in [-0.2, 0) is 4.74 Å². The van der Waals surface area contributed by atoms with E-state index in [4.69, 9.17) is 4.74 Å². The SMILES string of the molecule is C1CNCCN(C2NCCO2)C1. The summed E-state index contributed by atoms with van der Waals surface area (Å²) in [6, 6.07) is 0. The lowest BCUT2D eigenvalue weighted by Crippen LogP contribution is -2.44. The smallest absolute Gasteiger partial charge is 0.166 e. The number of nitrogens with one attached hydrogen (secondary N) is 2. The van der Waals surface area contributed by atoms with E-state index in [1.807, 2.05) is 0 Å². The summed E-state index contributed by atoms with van der Waals surface area (Å²) in [5.74, 6) is 0. The summed E-state index contributed by atoms with van der Waals surface area (Å²) in [6.45, 7) is 6.32. The largest absolute Gasteiger partial charge is 0.348 e. The normalized spacial score (nSPS) is 33.5. The monoisotopic (exact) mass is 171 g/mol. The van der Waals surface area contributed by atoms with Crippen LogP contribution in [0.4, 0.5) is 0 Å². The van der Waals surface area contributed by atoms with E-state index in [0.717, 1.165) is 39.3 Å². The Bertz CT molecular complexity index is 128. The van der Waals surface area contributed by atoms with Crippen molar-refractivity contribution in [1.29, 1.82) is 0 Å². The van der Waals surface area contributed by atoms with Crippen LogP contribution in [0.2, 0.25) is 0 Å². The molecule has 2 saturated heterocycles. The van der Waals surface area contributed by atoms with Crippen molar-refractivity contribution in [3.63, 3.8) is 0 Å². The standard InChI is InChI=1S/C8H17N3O/c1-2-9-3-6-11(5-1)8-10-4-7-12-8/h8-10H,1-7H2. The lowest BCUT2D eigenvalue weighted by Gasteiger charge is -2.25. The van der Waals surface area contributed by atoms with Crippen molar-refractivity contribution in [3.05, 3.63) is 0 Å². The molecule has 0 spiro atoms. The minimum absolute atomic E-state index is 0.185. The molecular formula is C8H17N3O. The number of nitrogens with zero attached hydrogens (tertiary/aromatic N) is 1. The molecule has 0 bridgehead atoms. The highest BCUT2D eigenvalue weighted by Crippen LogP contribution is 2.05. The Morgan fingerprint density at radius 2 is 2.17 bits per heavy atom. The quantitative estimate of drug-likeness (QED) is 0.541. The zero-order chi connectivity index (χ0) is 8.23. The van der Waals surface area contributed by atoms with Gasteiger partial charge >= 0.3 is 0 Å². The molecule has 2 aliphatic heterocycles. The van der Waals surface area contributed by atoms with Gasteiger partial charge in [-0.05, 0) is 13.0 Å². The average molecular weight is 171 g/mol. The molecule has 70 valence electrons. The van der Waals surface area contributed by atoms with Gasteiger partial charge in [0.2, 0.25) is 0 Å². The molecule has 2 heterocycles. The number of rotatable bonds is 1. The van der Waals surface area contributed by atoms with E-state index in [9.17, 15) is 0 Å². The summed E-state index contributed by atoms with van der Waals surface area (Å²) in [4.78, 5) is 2.37. The van der Waals surface area contributed by atoms with Gasteiger partial charge in [-0.15, -0.1) is 0 Å². The van der Waals surface area contributed by atoms with Crippen LogP contribution in [0.5, 0.6) is 0 Å². The van der Waals surface area contributed by atoms with Crippen molar-refractivity contribution in [2.75, 3.05) is 39.3 Å². The Morgan fingerprint density at radius 1 is 1.17 bits per heavy atom. The van der Waals surface area contributed by atoms with Gasteiger partial charge in [0.1, 0.15) is 0 Å². The van der Waals surface area contributed by atoms with Crippen molar-refractivity contribution in [2.45, 2.75) is 12.8 Å². The Balaban J connectivity index is 1.83. The zero-order valence-electron chi connectivity index (χ0n) is 7.38. The fraction of sp³-hybridized carbons (Fsp3) is 1.00. The highest BCUT2D eigenvalue weighted by Gasteiger charge is 2.22. The minimum atomic E-state index is 0.185. The van der Waals surface area contributed by atoms with Crippen LogP contribution >= 0.6 is 0 Å². The van der Waals surface area contributed by atoms with Gasteiger partial charge in [-0.1, -0.05) is 0 Å². The topological polar surface area (TPSA) is 36.5 Å². The summed E-state index contributed by atoms with van der Waals surface area (Å²) in [7, 11) is 0. The van der Waals surface area contributed by atoms with Crippen LogP contribution in [0.3, 0.4) is 0 Å². The van der Waals surface area contributed by atoms with Crippen molar-refractivity contribution in [3.8, 4) is 0 Å². The number of ether oxygens (including phenoxy) is 1. The molecule has 1 unspecified atom stereocenters. The molecule has 0 aliphatic carbocycles. The van der Waals surface area contributed by atoms with E-state index < -0.39 is 0 Å². The van der Waals surface area contributed by atoms with E-state index >= 15 is 0 Å². The molecule has 0 aromatic rings. The van der Waals surface area contributed by atoms with Crippen LogP contribution in [0.1, 0.15) is 6.42 Å². The van der Waals surface area contributed by atoms with Crippen molar-refractivity contribution < 1.29 is 4.74 Å². The van der Waals surface area contributed by atoms with E-state index in [1.54, 1.807) is 0 Å². The Kier molecular flexibility index (Phi) is 2.94. The van der Waals surface area contributed by atoms with Gasteiger partial charge < -0.3 is 10.1 Å². The molecule has 2 fully saturated rings. The zero-order valence-corrected chi connectivity index (χ0v) is 7.38. The maximum Gasteiger partial charge on any atom is 0.166 e. The molecule has 2 aliphatic rings. The van der Waals surface area contributed by atoms with Gasteiger partial charge in [-0.3, -0.25) is 10.2 Å². The van der Waals surface area contributed by atoms with Crippen LogP contribution in [0.15, 0.2) is 0 Å². The third-order valence-electron chi connectivity index (χ3n) is 2.40. The second-order valence-corrected chi connectivity index (χ2v) is 3.32. The van der Waals surface area contributed by atoms with Crippen LogP contribution < -0.4 is 10.6 Å². The van der Waals surface area contributed by atoms with Gasteiger partial charge in [-0.2, -0.15) is 0 Å². The van der Waals surface area contributed by atoms with Gasteiger partial charge in [0.15, 0.2) is 6.35 Å². The fourth-order valence-corrected chi connectivity index (χ4v) is 1.75. The van der Waals surface area contributed by atoms with Gasteiger partial charge in [0, 0.05) is 26.2 Å². The average Bonchev–Trinajstić information content (AvgIpc) is 2.48. The first-order valence-corrected chi connectivity index (χ1v) is 4.76.